The summed E-state index contributed by atoms with van der Waals surface area (Å²) >= 11 is 0. The Bertz CT molecular complexity index is 1180. The Labute approximate surface area is 256 Å². The van der Waals surface area contributed by atoms with E-state index >= 15 is 0 Å². The van der Waals surface area contributed by atoms with Crippen LogP contribution in [0.3, 0.4) is 0 Å². The van der Waals surface area contributed by atoms with Crippen LogP contribution in [0, 0.1) is 17.8 Å². The molecule has 9 heteroatoms. The van der Waals surface area contributed by atoms with Crippen molar-refractivity contribution in [3.05, 3.63) is 49.6 Å². The number of aliphatic hydroxyl groups is 1. The van der Waals surface area contributed by atoms with E-state index in [4.69, 9.17) is 9.47 Å². The van der Waals surface area contributed by atoms with Gasteiger partial charge in [0.05, 0.1) is 18.1 Å². The van der Waals surface area contributed by atoms with Crippen LogP contribution in [0.15, 0.2) is 49.6 Å². The van der Waals surface area contributed by atoms with Gasteiger partial charge in [0, 0.05) is 44.2 Å². The summed E-state index contributed by atoms with van der Waals surface area (Å²) in [6.07, 6.45) is 6.33. The van der Waals surface area contributed by atoms with E-state index < -0.39 is 35.0 Å². The molecule has 1 spiro atoms. The van der Waals surface area contributed by atoms with E-state index in [2.05, 4.69) is 31.9 Å². The number of likely N-dealkylation sites (tertiary alicyclic amines) is 1. The zero-order chi connectivity index (χ0) is 31.4. The quantitative estimate of drug-likeness (QED) is 0.172. The first-order chi connectivity index (χ1) is 20.6. The van der Waals surface area contributed by atoms with Crippen molar-refractivity contribution >= 4 is 29.2 Å². The highest BCUT2D eigenvalue weighted by Crippen LogP contribution is 2.65. The van der Waals surface area contributed by atoms with Crippen molar-refractivity contribution in [3.8, 4) is 0 Å². The van der Waals surface area contributed by atoms with Crippen LogP contribution in [0.25, 0.3) is 0 Å². The average molecular weight is 596 g/mol. The van der Waals surface area contributed by atoms with Crippen LogP contribution < -0.4 is 9.80 Å². The van der Waals surface area contributed by atoms with E-state index in [0.717, 1.165) is 25.2 Å². The molecule has 1 aromatic carbocycles. The molecule has 236 valence electrons. The molecule has 43 heavy (non-hydrogen) atoms. The fraction of sp³-hybridized carbons (Fsp3) is 0.618. The number of nitrogens with zero attached hydrogens (tertiary/aromatic N) is 3. The lowest BCUT2D eigenvalue weighted by molar-refractivity contribution is -0.161. The SMILES string of the molecule is C=CCCCOC(=O)[C@H]1[C@H]2C(=O)N(CCCCO)C(C(=O)N(CC=C)c3ccc(N(CC)CC)cc3)C23CC(C)[C@]1(C)O3. The zero-order valence-electron chi connectivity index (χ0n) is 26.3. The zero-order valence-corrected chi connectivity index (χ0v) is 26.3. The Hall–Kier alpha value is -3.17. The molecule has 3 fully saturated rings. The number of carbonyl (C=O) groups is 3. The molecule has 0 aromatic heterocycles. The van der Waals surface area contributed by atoms with Crippen LogP contribution in [-0.2, 0) is 23.9 Å². The molecular weight excluding hydrogens is 546 g/mol. The molecule has 1 aromatic rings. The molecule has 4 rings (SSSR count). The van der Waals surface area contributed by atoms with E-state index in [1.54, 1.807) is 22.0 Å². The summed E-state index contributed by atoms with van der Waals surface area (Å²) in [7, 11) is 0. The largest absolute Gasteiger partial charge is 0.465 e. The van der Waals surface area contributed by atoms with Crippen LogP contribution in [0.4, 0.5) is 11.4 Å². The fourth-order valence-electron chi connectivity index (χ4n) is 7.53. The van der Waals surface area contributed by atoms with Gasteiger partial charge < -0.3 is 29.3 Å². The number of hydrogen-bond donors (Lipinski definition) is 1. The highest BCUT2D eigenvalue weighted by molar-refractivity contribution is 6.05. The van der Waals surface area contributed by atoms with Gasteiger partial charge in [0.2, 0.25) is 5.91 Å². The van der Waals surface area contributed by atoms with Crippen molar-refractivity contribution < 1.29 is 29.0 Å². The molecular formula is C34H49N3O6. The highest BCUT2D eigenvalue weighted by Gasteiger charge is 2.80. The van der Waals surface area contributed by atoms with E-state index in [9.17, 15) is 19.5 Å². The maximum Gasteiger partial charge on any atom is 0.312 e. The average Bonchev–Trinajstić information content (AvgIpc) is 3.51. The third kappa shape index (κ3) is 5.74. The summed E-state index contributed by atoms with van der Waals surface area (Å²) in [6, 6.07) is 6.94. The van der Waals surface area contributed by atoms with Crippen LogP contribution in [0.5, 0.6) is 0 Å². The molecule has 9 nitrogen and oxygen atoms in total. The minimum absolute atomic E-state index is 0.0119. The lowest BCUT2D eigenvalue weighted by Crippen LogP contribution is -2.57. The maximum atomic E-state index is 14.7. The molecule has 3 aliphatic heterocycles. The Kier molecular flexibility index (Phi) is 10.4. The van der Waals surface area contributed by atoms with Crippen molar-refractivity contribution in [3.63, 3.8) is 0 Å². The molecule has 3 saturated heterocycles. The molecule has 0 radical (unpaired) electrons. The number of carbonyl (C=O) groups excluding carboxylic acids is 3. The normalized spacial score (nSPS) is 29.0. The number of aliphatic hydroxyl groups excluding tert-OH is 1. The third-order valence-corrected chi connectivity index (χ3v) is 9.77. The molecule has 2 bridgehead atoms. The van der Waals surface area contributed by atoms with Crippen LogP contribution in [0.2, 0.25) is 0 Å². The van der Waals surface area contributed by atoms with Gasteiger partial charge in [-0.15, -0.1) is 13.2 Å². The van der Waals surface area contributed by atoms with E-state index in [1.807, 2.05) is 38.1 Å². The number of esters is 1. The number of hydrogen-bond acceptors (Lipinski definition) is 7. The molecule has 3 unspecified atom stereocenters. The van der Waals surface area contributed by atoms with Crippen LogP contribution in [-0.4, -0.2) is 84.4 Å². The molecule has 0 saturated carbocycles. The summed E-state index contributed by atoms with van der Waals surface area (Å²) in [6.45, 7) is 18.2. The first kappa shape index (κ1) is 32.7. The lowest BCUT2D eigenvalue weighted by Gasteiger charge is -2.37. The lowest BCUT2D eigenvalue weighted by atomic mass is 9.62. The fourth-order valence-corrected chi connectivity index (χ4v) is 7.53. The summed E-state index contributed by atoms with van der Waals surface area (Å²) in [5.74, 6) is -2.67. The number of amides is 2. The Morgan fingerprint density at radius 1 is 1.12 bits per heavy atom. The van der Waals surface area contributed by atoms with Crippen LogP contribution in [0.1, 0.15) is 59.8 Å². The van der Waals surface area contributed by atoms with Gasteiger partial charge in [0.1, 0.15) is 17.6 Å². The minimum atomic E-state index is -1.16. The molecule has 3 aliphatic rings. The number of rotatable bonds is 16. The van der Waals surface area contributed by atoms with Gasteiger partial charge in [-0.05, 0) is 83.1 Å². The standard InChI is InChI=1S/C34H49N3O6/c1-7-11-14-22-42-32(41)28-27-30(39)37(20-12-13-21-38)29(34(27)23-24(5)33(28,6)43-34)31(40)36(19-8-2)26-17-15-25(16-18-26)35(9-3)10-4/h7-8,15-18,24,27-29,38H,1-2,9-14,19-23H2,3-6H3/t24?,27-,28+,29?,33-,34?/m0/s1. The topological polar surface area (TPSA) is 99.6 Å². The Morgan fingerprint density at radius 2 is 1.79 bits per heavy atom. The number of allylic oxidation sites excluding steroid dienone is 1. The maximum absolute atomic E-state index is 14.7. The van der Waals surface area contributed by atoms with Gasteiger partial charge in [0.25, 0.3) is 5.91 Å². The second-order valence-electron chi connectivity index (χ2n) is 12.2. The van der Waals surface area contributed by atoms with Crippen molar-refractivity contribution in [2.45, 2.75) is 77.0 Å². The highest BCUT2D eigenvalue weighted by atomic mass is 16.6. The van der Waals surface area contributed by atoms with Gasteiger partial charge >= 0.3 is 5.97 Å². The predicted octanol–water partition coefficient (Wildman–Crippen LogP) is 4.34. The molecule has 2 amide bonds. The van der Waals surface area contributed by atoms with E-state index in [-0.39, 0.29) is 44.0 Å². The summed E-state index contributed by atoms with van der Waals surface area (Å²) in [5.41, 5.74) is -0.324. The van der Waals surface area contributed by atoms with Gasteiger partial charge in [-0.2, -0.15) is 0 Å². The molecule has 6 atom stereocenters. The van der Waals surface area contributed by atoms with Gasteiger partial charge in [0.15, 0.2) is 0 Å². The second-order valence-corrected chi connectivity index (χ2v) is 12.2. The minimum Gasteiger partial charge on any atom is -0.465 e. The van der Waals surface area contributed by atoms with Crippen molar-refractivity contribution in [1.82, 2.24) is 4.90 Å². The second kappa shape index (κ2) is 13.6. The Balaban J connectivity index is 1.73. The number of benzene rings is 1. The van der Waals surface area contributed by atoms with E-state index in [0.29, 0.717) is 31.4 Å². The number of ether oxygens (including phenoxy) is 2. The first-order valence-electron chi connectivity index (χ1n) is 15.8. The first-order valence-corrected chi connectivity index (χ1v) is 15.8. The van der Waals surface area contributed by atoms with E-state index in [1.165, 1.54) is 0 Å². The summed E-state index contributed by atoms with van der Waals surface area (Å²) < 4.78 is 12.5. The molecule has 0 aliphatic carbocycles. The van der Waals surface area contributed by atoms with Crippen molar-refractivity contribution in [2.75, 3.05) is 49.2 Å². The number of anilines is 2. The monoisotopic (exact) mass is 595 g/mol. The third-order valence-electron chi connectivity index (χ3n) is 9.77. The summed E-state index contributed by atoms with van der Waals surface area (Å²) in [5, 5.41) is 9.47. The molecule has 1 N–H and O–H groups in total. The molecule has 3 heterocycles. The van der Waals surface area contributed by atoms with Gasteiger partial charge in [-0.3, -0.25) is 14.4 Å². The van der Waals surface area contributed by atoms with Gasteiger partial charge in [-0.25, -0.2) is 0 Å². The number of unbranched alkanes of at least 4 members (excludes halogenated alkanes) is 2. The predicted molar refractivity (Wildman–Crippen MR) is 168 cm³/mol. The van der Waals surface area contributed by atoms with Gasteiger partial charge in [-0.1, -0.05) is 19.1 Å². The summed E-state index contributed by atoms with van der Waals surface area (Å²) in [4.78, 5) is 48.2. The Morgan fingerprint density at radius 3 is 2.40 bits per heavy atom. The number of fused-ring (bicyclic) bond motifs is 1. The smallest absolute Gasteiger partial charge is 0.312 e. The van der Waals surface area contributed by atoms with Crippen molar-refractivity contribution in [2.24, 2.45) is 17.8 Å². The van der Waals surface area contributed by atoms with Crippen LogP contribution >= 0.6 is 0 Å². The van der Waals surface area contributed by atoms with Crippen molar-refractivity contribution in [1.29, 1.82) is 0 Å².